The van der Waals surface area contributed by atoms with Crippen molar-refractivity contribution in [3.8, 4) is 0 Å². The molecule has 0 saturated carbocycles. The molecule has 2 rings (SSSR count). The van der Waals surface area contributed by atoms with Gasteiger partial charge < -0.3 is 5.32 Å². The summed E-state index contributed by atoms with van der Waals surface area (Å²) in [4.78, 5) is 14.4. The van der Waals surface area contributed by atoms with Crippen molar-refractivity contribution < 1.29 is 9.18 Å². The molecule has 0 aromatic carbocycles. The maximum atomic E-state index is 13.0. The van der Waals surface area contributed by atoms with Crippen molar-refractivity contribution in [3.05, 3.63) is 29.8 Å². The maximum Gasteiger partial charge on any atom is 0.223 e. The number of pyridine rings is 1. The number of carbonyl (C=O) groups excluding carboxylic acids is 1. The fourth-order valence-electron chi connectivity index (χ4n) is 1.18. The SMILES string of the molecule is O=C1C[C@H](c2ncccc2F)N1. The van der Waals surface area contributed by atoms with Crippen LogP contribution in [0.25, 0.3) is 0 Å². The van der Waals surface area contributed by atoms with Gasteiger partial charge >= 0.3 is 0 Å². The van der Waals surface area contributed by atoms with E-state index in [4.69, 9.17) is 0 Å². The Kier molecular flexibility index (Phi) is 1.53. The van der Waals surface area contributed by atoms with E-state index < -0.39 is 0 Å². The Morgan fingerprint density at radius 1 is 1.67 bits per heavy atom. The fraction of sp³-hybridized carbons (Fsp3) is 0.250. The predicted octanol–water partition coefficient (Wildman–Crippen LogP) is 0.782. The van der Waals surface area contributed by atoms with Crippen LogP contribution in [0.2, 0.25) is 0 Å². The zero-order valence-electron chi connectivity index (χ0n) is 6.25. The molecular weight excluding hydrogens is 159 g/mol. The van der Waals surface area contributed by atoms with Crippen LogP contribution < -0.4 is 5.32 Å². The van der Waals surface area contributed by atoms with Crippen LogP contribution >= 0.6 is 0 Å². The summed E-state index contributed by atoms with van der Waals surface area (Å²) in [6.45, 7) is 0. The van der Waals surface area contributed by atoms with Crippen molar-refractivity contribution in [3.63, 3.8) is 0 Å². The minimum Gasteiger partial charge on any atom is -0.347 e. The lowest BCUT2D eigenvalue weighted by Crippen LogP contribution is -2.42. The van der Waals surface area contributed by atoms with E-state index in [9.17, 15) is 9.18 Å². The number of rotatable bonds is 1. The second kappa shape index (κ2) is 2.55. The Morgan fingerprint density at radius 2 is 2.42 bits per heavy atom. The van der Waals surface area contributed by atoms with Crippen LogP contribution in [0.1, 0.15) is 18.2 Å². The molecule has 1 aliphatic rings. The van der Waals surface area contributed by atoms with Gasteiger partial charge in [0.15, 0.2) is 0 Å². The average molecular weight is 166 g/mol. The topological polar surface area (TPSA) is 42.0 Å². The van der Waals surface area contributed by atoms with Crippen molar-refractivity contribution in [2.24, 2.45) is 0 Å². The monoisotopic (exact) mass is 166 g/mol. The lowest BCUT2D eigenvalue weighted by atomic mass is 10.0. The van der Waals surface area contributed by atoms with Gasteiger partial charge in [0.2, 0.25) is 5.91 Å². The van der Waals surface area contributed by atoms with E-state index >= 15 is 0 Å². The van der Waals surface area contributed by atoms with Gasteiger partial charge in [-0.05, 0) is 12.1 Å². The van der Waals surface area contributed by atoms with E-state index in [1.165, 1.54) is 18.3 Å². The Hall–Kier alpha value is -1.45. The van der Waals surface area contributed by atoms with Gasteiger partial charge in [-0.15, -0.1) is 0 Å². The van der Waals surface area contributed by atoms with Gasteiger partial charge in [-0.1, -0.05) is 0 Å². The Bertz CT molecular complexity index is 319. The molecule has 1 fully saturated rings. The van der Waals surface area contributed by atoms with Gasteiger partial charge in [0, 0.05) is 6.20 Å². The molecule has 3 nitrogen and oxygen atoms in total. The summed E-state index contributed by atoms with van der Waals surface area (Å²) in [5, 5.41) is 2.56. The molecule has 1 atom stereocenters. The summed E-state index contributed by atoms with van der Waals surface area (Å²) in [5.74, 6) is -0.410. The number of carbonyl (C=O) groups is 1. The lowest BCUT2D eigenvalue weighted by Gasteiger charge is -2.26. The fourth-order valence-corrected chi connectivity index (χ4v) is 1.18. The van der Waals surface area contributed by atoms with Crippen molar-refractivity contribution in [1.29, 1.82) is 0 Å². The van der Waals surface area contributed by atoms with Crippen molar-refractivity contribution in [1.82, 2.24) is 10.3 Å². The molecule has 1 aliphatic heterocycles. The van der Waals surface area contributed by atoms with E-state index in [-0.39, 0.29) is 17.8 Å². The maximum absolute atomic E-state index is 13.0. The third-order valence-electron chi connectivity index (χ3n) is 1.84. The lowest BCUT2D eigenvalue weighted by molar-refractivity contribution is -0.128. The molecule has 1 N–H and O–H groups in total. The van der Waals surface area contributed by atoms with Gasteiger partial charge in [0.1, 0.15) is 5.82 Å². The highest BCUT2D eigenvalue weighted by molar-refractivity contribution is 5.83. The first-order valence-corrected chi connectivity index (χ1v) is 3.67. The number of aromatic nitrogens is 1. The third kappa shape index (κ3) is 1.05. The third-order valence-corrected chi connectivity index (χ3v) is 1.84. The zero-order chi connectivity index (χ0) is 8.55. The molecular formula is C8H7FN2O. The molecule has 2 heterocycles. The quantitative estimate of drug-likeness (QED) is 0.626. The number of hydrogen-bond donors (Lipinski definition) is 1. The average Bonchev–Trinajstić information content (AvgIpc) is 2.01. The molecule has 0 unspecified atom stereocenters. The zero-order valence-corrected chi connectivity index (χ0v) is 6.25. The summed E-state index contributed by atoms with van der Waals surface area (Å²) >= 11 is 0. The molecule has 1 saturated heterocycles. The summed E-state index contributed by atoms with van der Waals surface area (Å²) in [7, 11) is 0. The van der Waals surface area contributed by atoms with Gasteiger partial charge in [-0.2, -0.15) is 0 Å². The number of nitrogens with one attached hydrogen (secondary N) is 1. The Balaban J connectivity index is 2.23. The van der Waals surface area contributed by atoms with Crippen molar-refractivity contribution in [2.45, 2.75) is 12.5 Å². The number of halogens is 1. The molecule has 0 spiro atoms. The van der Waals surface area contributed by atoms with Crippen LogP contribution in [0.5, 0.6) is 0 Å². The van der Waals surface area contributed by atoms with E-state index in [2.05, 4.69) is 10.3 Å². The standard InChI is InChI=1S/C8H7FN2O/c9-5-2-1-3-10-8(5)6-4-7(12)11-6/h1-3,6H,4H2,(H,11,12)/t6-/m1/s1. The van der Waals surface area contributed by atoms with E-state index in [1.807, 2.05) is 0 Å². The van der Waals surface area contributed by atoms with Crippen LogP contribution in [0.4, 0.5) is 4.39 Å². The van der Waals surface area contributed by atoms with Crippen molar-refractivity contribution >= 4 is 5.91 Å². The summed E-state index contributed by atoms with van der Waals surface area (Å²) < 4.78 is 13.0. The highest BCUT2D eigenvalue weighted by atomic mass is 19.1. The predicted molar refractivity (Wildman–Crippen MR) is 39.7 cm³/mol. The van der Waals surface area contributed by atoms with E-state index in [0.717, 1.165) is 0 Å². The summed E-state index contributed by atoms with van der Waals surface area (Å²) in [5.41, 5.74) is 0.331. The first-order valence-electron chi connectivity index (χ1n) is 3.67. The normalized spacial score (nSPS) is 21.4. The van der Waals surface area contributed by atoms with Crippen LogP contribution in [-0.4, -0.2) is 10.9 Å². The molecule has 0 radical (unpaired) electrons. The molecule has 4 heteroatoms. The van der Waals surface area contributed by atoms with Crippen LogP contribution in [0.3, 0.4) is 0 Å². The van der Waals surface area contributed by atoms with Crippen LogP contribution in [0, 0.1) is 5.82 Å². The van der Waals surface area contributed by atoms with Gasteiger partial charge in [0.25, 0.3) is 0 Å². The highest BCUT2D eigenvalue weighted by Gasteiger charge is 2.29. The Labute approximate surface area is 68.6 Å². The first-order chi connectivity index (χ1) is 5.77. The molecule has 0 aliphatic carbocycles. The molecule has 1 aromatic rings. The largest absolute Gasteiger partial charge is 0.347 e. The highest BCUT2D eigenvalue weighted by Crippen LogP contribution is 2.23. The second-order valence-electron chi connectivity index (χ2n) is 2.69. The van der Waals surface area contributed by atoms with Gasteiger partial charge in [-0.3, -0.25) is 9.78 Å². The van der Waals surface area contributed by atoms with Crippen molar-refractivity contribution in [2.75, 3.05) is 0 Å². The number of amides is 1. The van der Waals surface area contributed by atoms with Crippen LogP contribution in [-0.2, 0) is 4.79 Å². The minimum absolute atomic E-state index is 0.0509. The summed E-state index contributed by atoms with van der Waals surface area (Å²) in [6.07, 6.45) is 1.86. The molecule has 12 heavy (non-hydrogen) atoms. The molecule has 62 valence electrons. The van der Waals surface area contributed by atoms with E-state index in [0.29, 0.717) is 12.1 Å². The second-order valence-corrected chi connectivity index (χ2v) is 2.69. The smallest absolute Gasteiger partial charge is 0.223 e. The first kappa shape index (κ1) is 7.21. The molecule has 1 aromatic heterocycles. The molecule has 1 amide bonds. The molecule has 0 bridgehead atoms. The minimum atomic E-state index is -0.359. The summed E-state index contributed by atoms with van der Waals surface area (Å²) in [6, 6.07) is 2.64. The van der Waals surface area contributed by atoms with E-state index in [1.54, 1.807) is 0 Å². The number of nitrogens with zero attached hydrogens (tertiary/aromatic N) is 1. The number of β-lactam (4-membered cyclic amide) rings is 1. The van der Waals surface area contributed by atoms with Gasteiger partial charge in [0.05, 0.1) is 18.2 Å². The number of hydrogen-bond acceptors (Lipinski definition) is 2. The van der Waals surface area contributed by atoms with Gasteiger partial charge in [-0.25, -0.2) is 4.39 Å². The Morgan fingerprint density at radius 3 is 3.00 bits per heavy atom. The van der Waals surface area contributed by atoms with Crippen LogP contribution in [0.15, 0.2) is 18.3 Å².